The molecule has 1 amide bonds. The Hall–Kier alpha value is -2.40. The highest BCUT2D eigenvalue weighted by atomic mass is 16.2. The van der Waals surface area contributed by atoms with Crippen LogP contribution in [0, 0.1) is 0 Å². The molecule has 1 saturated heterocycles. The molecule has 30 heavy (non-hydrogen) atoms. The zero-order valence-electron chi connectivity index (χ0n) is 18.0. The molecule has 3 heterocycles. The largest absolute Gasteiger partial charge is 0.337 e. The van der Waals surface area contributed by atoms with Crippen LogP contribution in [-0.4, -0.2) is 57.7 Å². The first-order chi connectivity index (χ1) is 14.7. The molecular formula is C25H32N4O. The molecule has 1 aliphatic carbocycles. The van der Waals surface area contributed by atoms with Crippen molar-refractivity contribution in [1.82, 2.24) is 19.6 Å². The first kappa shape index (κ1) is 19.6. The van der Waals surface area contributed by atoms with Gasteiger partial charge in [-0.2, -0.15) is 5.10 Å². The van der Waals surface area contributed by atoms with Crippen LogP contribution in [0.3, 0.4) is 0 Å². The number of benzene rings is 1. The number of amides is 1. The zero-order valence-corrected chi connectivity index (χ0v) is 18.0. The summed E-state index contributed by atoms with van der Waals surface area (Å²) in [5, 5.41) is 4.78. The summed E-state index contributed by atoms with van der Waals surface area (Å²) in [6, 6.07) is 11.3. The highest BCUT2D eigenvalue weighted by Gasteiger charge is 2.33. The number of aromatic nitrogens is 2. The number of hydrogen-bond donors (Lipinski definition) is 0. The van der Waals surface area contributed by atoms with Crippen LogP contribution in [0.1, 0.15) is 59.9 Å². The third kappa shape index (κ3) is 3.60. The summed E-state index contributed by atoms with van der Waals surface area (Å²) < 4.78 is 2.08. The van der Waals surface area contributed by atoms with E-state index in [-0.39, 0.29) is 5.91 Å². The summed E-state index contributed by atoms with van der Waals surface area (Å²) in [6.07, 6.45) is 8.88. The normalized spacial score (nSPS) is 22.1. The number of aryl methyl sites for hydroxylation is 1. The van der Waals surface area contributed by atoms with Crippen molar-refractivity contribution in [3.05, 3.63) is 58.9 Å². The van der Waals surface area contributed by atoms with Crippen LogP contribution < -0.4 is 0 Å². The van der Waals surface area contributed by atoms with E-state index < -0.39 is 0 Å². The first-order valence-electron chi connectivity index (χ1n) is 11.6. The number of hydrogen-bond acceptors (Lipinski definition) is 3. The number of fused-ring (bicyclic) bond motifs is 1. The smallest absolute Gasteiger partial charge is 0.274 e. The van der Waals surface area contributed by atoms with Gasteiger partial charge in [0.2, 0.25) is 0 Å². The molecule has 5 heteroatoms. The molecule has 0 radical (unpaired) electrons. The summed E-state index contributed by atoms with van der Waals surface area (Å²) in [7, 11) is 0. The van der Waals surface area contributed by atoms with Crippen molar-refractivity contribution >= 4 is 11.5 Å². The van der Waals surface area contributed by atoms with Crippen molar-refractivity contribution in [2.75, 3.05) is 26.2 Å². The molecule has 1 atom stereocenters. The minimum Gasteiger partial charge on any atom is -0.337 e. The van der Waals surface area contributed by atoms with Crippen LogP contribution in [-0.2, 0) is 19.4 Å². The monoisotopic (exact) mass is 404 g/mol. The molecule has 2 aliphatic heterocycles. The van der Waals surface area contributed by atoms with Gasteiger partial charge >= 0.3 is 0 Å². The molecule has 5 nitrogen and oxygen atoms in total. The minimum absolute atomic E-state index is 0.154. The van der Waals surface area contributed by atoms with E-state index >= 15 is 0 Å². The summed E-state index contributed by atoms with van der Waals surface area (Å²) in [5.74, 6) is 0.154. The maximum atomic E-state index is 13.2. The van der Waals surface area contributed by atoms with Gasteiger partial charge in [-0.15, -0.1) is 0 Å². The van der Waals surface area contributed by atoms with E-state index in [9.17, 15) is 4.79 Å². The van der Waals surface area contributed by atoms with Crippen molar-refractivity contribution in [2.45, 2.75) is 58.0 Å². The maximum Gasteiger partial charge on any atom is 0.274 e. The highest BCUT2D eigenvalue weighted by Crippen LogP contribution is 2.31. The van der Waals surface area contributed by atoms with E-state index in [1.807, 2.05) is 4.90 Å². The molecule has 2 aromatic rings. The second kappa shape index (κ2) is 8.38. The lowest BCUT2D eigenvalue weighted by molar-refractivity contribution is 0.0784. The van der Waals surface area contributed by atoms with E-state index in [0.717, 1.165) is 76.9 Å². The topological polar surface area (TPSA) is 41.4 Å². The lowest BCUT2D eigenvalue weighted by Crippen LogP contribution is -2.42. The third-order valence-electron chi connectivity index (χ3n) is 7.12. The predicted molar refractivity (Wildman–Crippen MR) is 119 cm³/mol. The molecule has 0 N–H and O–H groups in total. The van der Waals surface area contributed by atoms with Crippen LogP contribution in [0.4, 0.5) is 0 Å². The summed E-state index contributed by atoms with van der Waals surface area (Å²) >= 11 is 0. The molecule has 1 fully saturated rings. The van der Waals surface area contributed by atoms with Crippen LogP contribution in [0.15, 0.2) is 36.4 Å². The van der Waals surface area contributed by atoms with E-state index in [0.29, 0.717) is 6.04 Å². The Bertz CT molecular complexity index is 940. The Morgan fingerprint density at radius 3 is 2.60 bits per heavy atom. The van der Waals surface area contributed by atoms with Crippen molar-refractivity contribution in [1.29, 1.82) is 0 Å². The number of carbonyl (C=O) groups is 1. The van der Waals surface area contributed by atoms with Gasteiger partial charge in [0.15, 0.2) is 5.69 Å². The average molecular weight is 405 g/mol. The summed E-state index contributed by atoms with van der Waals surface area (Å²) in [5.41, 5.74) is 6.07. The molecule has 0 spiro atoms. The molecule has 158 valence electrons. The predicted octanol–water partition coefficient (Wildman–Crippen LogP) is 3.79. The Labute approximate surface area is 179 Å². The van der Waals surface area contributed by atoms with Crippen molar-refractivity contribution in [2.24, 2.45) is 0 Å². The van der Waals surface area contributed by atoms with Gasteiger partial charge in [0, 0.05) is 50.0 Å². The number of likely N-dealkylation sites (tertiary alicyclic amines) is 1. The van der Waals surface area contributed by atoms with Crippen LogP contribution in [0.2, 0.25) is 0 Å². The number of rotatable bonds is 4. The van der Waals surface area contributed by atoms with Gasteiger partial charge < -0.3 is 4.90 Å². The van der Waals surface area contributed by atoms with E-state index in [2.05, 4.69) is 52.9 Å². The first-order valence-corrected chi connectivity index (χ1v) is 11.6. The summed E-state index contributed by atoms with van der Waals surface area (Å²) in [6.45, 7) is 6.83. The van der Waals surface area contributed by atoms with Gasteiger partial charge in [-0.1, -0.05) is 36.4 Å². The van der Waals surface area contributed by atoms with E-state index in [1.165, 1.54) is 22.4 Å². The molecule has 0 bridgehead atoms. The highest BCUT2D eigenvalue weighted by molar-refractivity contribution is 5.94. The minimum atomic E-state index is 0.154. The fraction of sp³-hybridized carbons (Fsp3) is 0.520. The molecule has 1 aromatic heterocycles. The summed E-state index contributed by atoms with van der Waals surface area (Å²) in [4.78, 5) is 17.8. The maximum absolute atomic E-state index is 13.2. The molecular weight excluding hydrogens is 372 g/mol. The quantitative estimate of drug-likeness (QED) is 0.779. The lowest BCUT2D eigenvalue weighted by Gasteiger charge is -2.36. The standard InChI is InChI=1S/C25H32N4O/c1-2-29-23-11-10-21(18-22(23)24(26-29)25(30)28-14-6-7-15-28)27-16-12-20(13-17-27)19-8-4-3-5-9-19/h3-5,8-9,12,21H,2,6-7,10-11,13-18H2,1H3/t21-/m1/s1. The molecule has 3 aliphatic rings. The molecule has 0 unspecified atom stereocenters. The fourth-order valence-electron chi connectivity index (χ4n) is 5.42. The van der Waals surface area contributed by atoms with Gasteiger partial charge in [-0.05, 0) is 56.6 Å². The van der Waals surface area contributed by atoms with Crippen molar-refractivity contribution in [3.63, 3.8) is 0 Å². The van der Waals surface area contributed by atoms with Gasteiger partial charge in [0.05, 0.1) is 0 Å². The van der Waals surface area contributed by atoms with Crippen LogP contribution in [0.5, 0.6) is 0 Å². The lowest BCUT2D eigenvalue weighted by atomic mass is 9.88. The number of carbonyl (C=O) groups excluding carboxylic acids is 1. The fourth-order valence-corrected chi connectivity index (χ4v) is 5.42. The Kier molecular flexibility index (Phi) is 5.47. The van der Waals surface area contributed by atoms with E-state index in [4.69, 9.17) is 5.10 Å². The van der Waals surface area contributed by atoms with Gasteiger partial charge in [-0.25, -0.2) is 0 Å². The Morgan fingerprint density at radius 1 is 1.10 bits per heavy atom. The molecule has 0 saturated carbocycles. The van der Waals surface area contributed by atoms with E-state index in [1.54, 1.807) is 0 Å². The molecule has 5 rings (SSSR count). The van der Waals surface area contributed by atoms with Gasteiger partial charge in [0.1, 0.15) is 0 Å². The van der Waals surface area contributed by atoms with Crippen LogP contribution in [0.25, 0.3) is 5.57 Å². The third-order valence-corrected chi connectivity index (χ3v) is 7.12. The van der Waals surface area contributed by atoms with Crippen molar-refractivity contribution in [3.8, 4) is 0 Å². The van der Waals surface area contributed by atoms with Crippen molar-refractivity contribution < 1.29 is 4.79 Å². The van der Waals surface area contributed by atoms with Gasteiger partial charge in [0.25, 0.3) is 5.91 Å². The molecule has 1 aromatic carbocycles. The van der Waals surface area contributed by atoms with Crippen LogP contribution >= 0.6 is 0 Å². The number of nitrogens with zero attached hydrogens (tertiary/aromatic N) is 4. The SMILES string of the molecule is CCn1nc(C(=O)N2CCCC2)c2c1CC[C@@H](N1CC=C(c3ccccc3)CC1)C2. The second-order valence-electron chi connectivity index (χ2n) is 8.83. The zero-order chi connectivity index (χ0) is 20.5. The Balaban J connectivity index is 1.34. The average Bonchev–Trinajstić information content (AvgIpc) is 3.47. The Morgan fingerprint density at radius 2 is 1.90 bits per heavy atom. The second-order valence-corrected chi connectivity index (χ2v) is 8.83. The van der Waals surface area contributed by atoms with Gasteiger partial charge in [-0.3, -0.25) is 14.4 Å².